The first-order valence-electron chi connectivity index (χ1n) is 4.99. The minimum atomic E-state index is 0.158. The van der Waals surface area contributed by atoms with Gasteiger partial charge in [0.1, 0.15) is 11.3 Å². The molecule has 15 heavy (non-hydrogen) atoms. The van der Waals surface area contributed by atoms with Gasteiger partial charge in [-0.25, -0.2) is 4.98 Å². The average molecular weight is 202 g/mol. The Bertz CT molecular complexity index is 518. The van der Waals surface area contributed by atoms with Gasteiger partial charge in [0.2, 0.25) is 5.91 Å². The SMILES string of the molecule is O=C1CCCN1c1ccc2occc2n1. The van der Waals surface area contributed by atoms with Crippen molar-refractivity contribution >= 4 is 22.8 Å². The normalized spacial score (nSPS) is 16.5. The fourth-order valence-corrected chi connectivity index (χ4v) is 1.88. The summed E-state index contributed by atoms with van der Waals surface area (Å²) in [6, 6.07) is 5.48. The minimum absolute atomic E-state index is 0.158. The fraction of sp³-hybridized carbons (Fsp3) is 0.273. The number of aromatic nitrogens is 1. The van der Waals surface area contributed by atoms with Crippen LogP contribution in [0.4, 0.5) is 5.82 Å². The largest absolute Gasteiger partial charge is 0.463 e. The Hall–Kier alpha value is -1.84. The topological polar surface area (TPSA) is 46.3 Å². The van der Waals surface area contributed by atoms with Crippen molar-refractivity contribution in [2.24, 2.45) is 0 Å². The minimum Gasteiger partial charge on any atom is -0.463 e. The molecule has 2 aromatic heterocycles. The van der Waals surface area contributed by atoms with Crippen molar-refractivity contribution in [1.29, 1.82) is 0 Å². The molecule has 1 fully saturated rings. The Morgan fingerprint density at radius 2 is 2.27 bits per heavy atom. The molecule has 2 aromatic rings. The highest BCUT2D eigenvalue weighted by Gasteiger charge is 2.22. The molecular weight excluding hydrogens is 192 g/mol. The molecule has 76 valence electrons. The number of nitrogens with zero attached hydrogens (tertiary/aromatic N) is 2. The van der Waals surface area contributed by atoms with Gasteiger partial charge in [0.25, 0.3) is 0 Å². The number of amides is 1. The van der Waals surface area contributed by atoms with Crippen molar-refractivity contribution in [2.45, 2.75) is 12.8 Å². The van der Waals surface area contributed by atoms with Gasteiger partial charge in [-0.3, -0.25) is 9.69 Å². The van der Waals surface area contributed by atoms with E-state index in [2.05, 4.69) is 4.98 Å². The van der Waals surface area contributed by atoms with Gasteiger partial charge in [-0.1, -0.05) is 0 Å². The second kappa shape index (κ2) is 3.08. The molecule has 1 saturated heterocycles. The van der Waals surface area contributed by atoms with E-state index >= 15 is 0 Å². The van der Waals surface area contributed by atoms with Crippen LogP contribution in [0.25, 0.3) is 11.1 Å². The van der Waals surface area contributed by atoms with E-state index in [4.69, 9.17) is 4.42 Å². The monoisotopic (exact) mass is 202 g/mol. The van der Waals surface area contributed by atoms with Crippen molar-refractivity contribution < 1.29 is 9.21 Å². The van der Waals surface area contributed by atoms with Crippen molar-refractivity contribution in [1.82, 2.24) is 4.98 Å². The molecule has 0 radical (unpaired) electrons. The molecule has 0 saturated carbocycles. The molecule has 0 aliphatic carbocycles. The van der Waals surface area contributed by atoms with Crippen LogP contribution < -0.4 is 4.90 Å². The summed E-state index contributed by atoms with van der Waals surface area (Å²) in [5.74, 6) is 0.886. The second-order valence-electron chi connectivity index (χ2n) is 3.62. The molecule has 1 aliphatic rings. The summed E-state index contributed by atoms with van der Waals surface area (Å²) in [5, 5.41) is 0. The third kappa shape index (κ3) is 1.29. The summed E-state index contributed by atoms with van der Waals surface area (Å²) in [6.45, 7) is 0.773. The Morgan fingerprint density at radius 1 is 1.33 bits per heavy atom. The molecule has 4 nitrogen and oxygen atoms in total. The highest BCUT2D eigenvalue weighted by atomic mass is 16.3. The fourth-order valence-electron chi connectivity index (χ4n) is 1.88. The Morgan fingerprint density at radius 3 is 3.07 bits per heavy atom. The molecule has 1 amide bonds. The van der Waals surface area contributed by atoms with Crippen LogP contribution in [0.1, 0.15) is 12.8 Å². The lowest BCUT2D eigenvalue weighted by Crippen LogP contribution is -2.24. The maximum absolute atomic E-state index is 11.5. The van der Waals surface area contributed by atoms with Crippen LogP contribution in [0.15, 0.2) is 28.9 Å². The molecule has 3 rings (SSSR count). The summed E-state index contributed by atoms with van der Waals surface area (Å²) in [6.07, 6.45) is 3.16. The van der Waals surface area contributed by atoms with Gasteiger partial charge in [-0.05, 0) is 18.6 Å². The zero-order chi connectivity index (χ0) is 10.3. The van der Waals surface area contributed by atoms with E-state index in [0.717, 1.165) is 29.9 Å². The quantitative estimate of drug-likeness (QED) is 0.710. The molecule has 0 bridgehead atoms. The van der Waals surface area contributed by atoms with E-state index in [1.165, 1.54) is 0 Å². The Balaban J connectivity index is 2.06. The highest BCUT2D eigenvalue weighted by Crippen LogP contribution is 2.22. The summed E-state index contributed by atoms with van der Waals surface area (Å²) < 4.78 is 5.20. The first kappa shape index (κ1) is 8.47. The number of carbonyl (C=O) groups is 1. The maximum atomic E-state index is 11.5. The smallest absolute Gasteiger partial charge is 0.228 e. The molecule has 0 spiro atoms. The van der Waals surface area contributed by atoms with Crippen LogP contribution in [0.2, 0.25) is 0 Å². The van der Waals surface area contributed by atoms with E-state index in [-0.39, 0.29) is 5.91 Å². The molecule has 0 N–H and O–H groups in total. The summed E-state index contributed by atoms with van der Waals surface area (Å²) in [7, 11) is 0. The third-order valence-corrected chi connectivity index (χ3v) is 2.64. The van der Waals surface area contributed by atoms with E-state index in [9.17, 15) is 4.79 Å². The predicted octanol–water partition coefficient (Wildman–Crippen LogP) is 1.95. The van der Waals surface area contributed by atoms with E-state index in [1.54, 1.807) is 17.2 Å². The molecule has 0 atom stereocenters. The Kier molecular flexibility index (Phi) is 1.74. The number of furan rings is 1. The zero-order valence-electron chi connectivity index (χ0n) is 8.14. The lowest BCUT2D eigenvalue weighted by molar-refractivity contribution is -0.117. The first-order chi connectivity index (χ1) is 7.34. The standard InChI is InChI=1S/C11H10N2O2/c14-11-2-1-6-13(11)10-4-3-9-8(12-10)5-7-15-9/h3-5,7H,1-2,6H2. The second-order valence-corrected chi connectivity index (χ2v) is 3.62. The van der Waals surface area contributed by atoms with Crippen LogP contribution in [0.5, 0.6) is 0 Å². The van der Waals surface area contributed by atoms with Crippen LogP contribution in [0.3, 0.4) is 0 Å². The molecule has 3 heterocycles. The van der Waals surface area contributed by atoms with Crippen LogP contribution in [0, 0.1) is 0 Å². The number of pyridine rings is 1. The number of fused-ring (bicyclic) bond motifs is 1. The van der Waals surface area contributed by atoms with E-state index < -0.39 is 0 Å². The molecular formula is C11H10N2O2. The van der Waals surface area contributed by atoms with Gasteiger partial charge in [0.05, 0.1) is 6.26 Å². The predicted molar refractivity (Wildman–Crippen MR) is 55.6 cm³/mol. The highest BCUT2D eigenvalue weighted by molar-refractivity contribution is 5.95. The van der Waals surface area contributed by atoms with Gasteiger partial charge in [0.15, 0.2) is 5.58 Å². The molecule has 4 heteroatoms. The summed E-state index contributed by atoms with van der Waals surface area (Å²) >= 11 is 0. The van der Waals surface area contributed by atoms with Crippen LogP contribution in [-0.2, 0) is 4.79 Å². The maximum Gasteiger partial charge on any atom is 0.228 e. The first-order valence-corrected chi connectivity index (χ1v) is 4.99. The zero-order valence-corrected chi connectivity index (χ0v) is 8.14. The Labute approximate surface area is 86.5 Å². The number of rotatable bonds is 1. The lowest BCUT2D eigenvalue weighted by atomic mass is 10.3. The molecule has 0 unspecified atom stereocenters. The number of carbonyl (C=O) groups excluding carboxylic acids is 1. The summed E-state index contributed by atoms with van der Waals surface area (Å²) in [4.78, 5) is 17.6. The molecule has 0 aromatic carbocycles. The summed E-state index contributed by atoms with van der Waals surface area (Å²) in [5.41, 5.74) is 1.55. The number of hydrogen-bond donors (Lipinski definition) is 0. The average Bonchev–Trinajstić information content (AvgIpc) is 2.84. The van der Waals surface area contributed by atoms with Crippen LogP contribution in [-0.4, -0.2) is 17.4 Å². The van der Waals surface area contributed by atoms with Crippen molar-refractivity contribution in [2.75, 3.05) is 11.4 Å². The van der Waals surface area contributed by atoms with E-state index in [1.807, 2.05) is 12.1 Å². The van der Waals surface area contributed by atoms with E-state index in [0.29, 0.717) is 6.42 Å². The van der Waals surface area contributed by atoms with Crippen molar-refractivity contribution in [3.05, 3.63) is 24.5 Å². The van der Waals surface area contributed by atoms with Gasteiger partial charge >= 0.3 is 0 Å². The van der Waals surface area contributed by atoms with Gasteiger partial charge in [0, 0.05) is 19.0 Å². The molecule has 1 aliphatic heterocycles. The van der Waals surface area contributed by atoms with Gasteiger partial charge in [-0.2, -0.15) is 0 Å². The van der Waals surface area contributed by atoms with Crippen LogP contribution >= 0.6 is 0 Å². The number of anilines is 1. The third-order valence-electron chi connectivity index (χ3n) is 2.64. The van der Waals surface area contributed by atoms with Crippen molar-refractivity contribution in [3.8, 4) is 0 Å². The lowest BCUT2D eigenvalue weighted by Gasteiger charge is -2.13. The van der Waals surface area contributed by atoms with Gasteiger partial charge in [-0.15, -0.1) is 0 Å². The van der Waals surface area contributed by atoms with Gasteiger partial charge < -0.3 is 4.42 Å². The number of hydrogen-bond acceptors (Lipinski definition) is 3. The van der Waals surface area contributed by atoms with Crippen molar-refractivity contribution in [3.63, 3.8) is 0 Å².